The number of carbonyl (C=O) groups is 2. The number of hydrogen-bond donors (Lipinski definition) is 2. The number of para-hydroxylation sites is 1. The number of amides is 2. The van der Waals surface area contributed by atoms with Crippen LogP contribution < -0.4 is 5.32 Å². The monoisotopic (exact) mass is 528 g/mol. The maximum absolute atomic E-state index is 13.7. The molecule has 0 saturated heterocycles. The van der Waals surface area contributed by atoms with Crippen molar-refractivity contribution < 1.29 is 14.7 Å². The van der Waals surface area contributed by atoms with E-state index in [1.807, 2.05) is 74.5 Å². The molecular weight excluding hydrogens is 484 g/mol. The molecule has 0 aliphatic carbocycles. The molecule has 5 nitrogen and oxygen atoms in total. The summed E-state index contributed by atoms with van der Waals surface area (Å²) in [6.07, 6.45) is 0.754. The van der Waals surface area contributed by atoms with E-state index in [2.05, 4.69) is 46.9 Å². The minimum atomic E-state index is -0.771. The number of phenols is 1. The molecule has 3 aromatic carbocycles. The molecule has 1 atom stereocenters. The van der Waals surface area contributed by atoms with E-state index in [9.17, 15) is 14.7 Å². The molecule has 2 amide bonds. The van der Waals surface area contributed by atoms with Crippen LogP contribution in [-0.2, 0) is 26.8 Å². The van der Waals surface area contributed by atoms with E-state index < -0.39 is 6.04 Å². The lowest BCUT2D eigenvalue weighted by molar-refractivity contribution is -0.137. The zero-order chi connectivity index (χ0) is 29.1. The summed E-state index contributed by atoms with van der Waals surface area (Å²) in [5, 5.41) is 14.1. The molecule has 0 spiro atoms. The highest BCUT2D eigenvalue weighted by atomic mass is 16.3. The van der Waals surface area contributed by atoms with E-state index in [1.54, 1.807) is 11.9 Å². The third-order valence-corrected chi connectivity index (χ3v) is 7.29. The van der Waals surface area contributed by atoms with E-state index in [0.29, 0.717) is 12.2 Å². The second-order valence-electron chi connectivity index (χ2n) is 12.6. The van der Waals surface area contributed by atoms with E-state index >= 15 is 0 Å². The summed E-state index contributed by atoms with van der Waals surface area (Å²) < 4.78 is 0. The first-order valence-electron chi connectivity index (χ1n) is 13.7. The van der Waals surface area contributed by atoms with Gasteiger partial charge in [-0.25, -0.2) is 0 Å². The van der Waals surface area contributed by atoms with E-state index in [-0.39, 0.29) is 29.1 Å². The SMILES string of the molecule is Cc1cccc(C)c1NC(=O)C(c1ccccc1)N(C)C(=O)CCc1cc(C(C)(C)C)c(O)c(C(C)(C)C)c1. The van der Waals surface area contributed by atoms with E-state index in [4.69, 9.17) is 0 Å². The van der Waals surface area contributed by atoms with Crippen molar-refractivity contribution in [1.82, 2.24) is 4.90 Å². The van der Waals surface area contributed by atoms with E-state index in [1.165, 1.54) is 0 Å². The Kier molecular flexibility index (Phi) is 8.94. The van der Waals surface area contributed by atoms with Gasteiger partial charge in [0.05, 0.1) is 0 Å². The van der Waals surface area contributed by atoms with Crippen LogP contribution in [0.4, 0.5) is 5.69 Å². The second kappa shape index (κ2) is 11.6. The van der Waals surface area contributed by atoms with Gasteiger partial charge in [-0.15, -0.1) is 0 Å². The molecule has 2 N–H and O–H groups in total. The highest BCUT2D eigenvalue weighted by Gasteiger charge is 2.30. The lowest BCUT2D eigenvalue weighted by atomic mass is 9.78. The van der Waals surface area contributed by atoms with Gasteiger partial charge in [-0.2, -0.15) is 0 Å². The Labute approximate surface area is 234 Å². The third kappa shape index (κ3) is 7.08. The van der Waals surface area contributed by atoms with Crippen molar-refractivity contribution in [1.29, 1.82) is 0 Å². The van der Waals surface area contributed by atoms with Gasteiger partial charge in [0.2, 0.25) is 5.91 Å². The van der Waals surface area contributed by atoms with Crippen molar-refractivity contribution in [2.45, 2.75) is 85.1 Å². The maximum atomic E-state index is 13.7. The van der Waals surface area contributed by atoms with Gasteiger partial charge in [0.1, 0.15) is 11.8 Å². The molecule has 0 heterocycles. The van der Waals surface area contributed by atoms with Crippen LogP contribution in [0.15, 0.2) is 60.7 Å². The highest BCUT2D eigenvalue weighted by molar-refractivity contribution is 5.98. The summed E-state index contributed by atoms with van der Waals surface area (Å²) in [5.41, 5.74) is 5.74. The molecule has 0 fully saturated rings. The van der Waals surface area contributed by atoms with Crippen LogP contribution in [0.3, 0.4) is 0 Å². The van der Waals surface area contributed by atoms with Gasteiger partial charge in [0, 0.05) is 19.2 Å². The summed E-state index contributed by atoms with van der Waals surface area (Å²) in [5.74, 6) is -0.0400. The van der Waals surface area contributed by atoms with Crippen molar-refractivity contribution in [2.24, 2.45) is 0 Å². The van der Waals surface area contributed by atoms with Crippen molar-refractivity contribution >= 4 is 17.5 Å². The summed E-state index contributed by atoms with van der Waals surface area (Å²) >= 11 is 0. The number of aromatic hydroxyl groups is 1. The van der Waals surface area contributed by atoms with Gasteiger partial charge in [-0.3, -0.25) is 9.59 Å². The van der Waals surface area contributed by atoms with Gasteiger partial charge in [-0.05, 0) is 64.5 Å². The standard InChI is InChI=1S/C34H44N2O3/c1-22-14-13-15-23(2)29(22)35-32(39)30(25-16-11-10-12-17-25)36(9)28(37)19-18-24-20-26(33(3,4)5)31(38)27(21-24)34(6,7)8/h10-17,20-21,30,38H,18-19H2,1-9H3,(H,35,39). The highest BCUT2D eigenvalue weighted by Crippen LogP contribution is 2.40. The second-order valence-corrected chi connectivity index (χ2v) is 12.6. The minimum absolute atomic E-state index is 0.122. The number of anilines is 1. The van der Waals surface area contributed by atoms with Crippen LogP contribution >= 0.6 is 0 Å². The molecule has 0 saturated carbocycles. The van der Waals surface area contributed by atoms with Crippen molar-refractivity contribution in [2.75, 3.05) is 12.4 Å². The number of likely N-dealkylation sites (N-methyl/N-ethyl adjacent to an activating group) is 1. The number of aryl methyl sites for hydroxylation is 3. The lowest BCUT2D eigenvalue weighted by Gasteiger charge is -2.29. The van der Waals surface area contributed by atoms with Crippen LogP contribution in [0.25, 0.3) is 0 Å². The number of phenolic OH excluding ortho intramolecular Hbond substituents is 1. The molecule has 0 radical (unpaired) electrons. The van der Waals surface area contributed by atoms with Gasteiger partial charge < -0.3 is 15.3 Å². The third-order valence-electron chi connectivity index (χ3n) is 7.29. The lowest BCUT2D eigenvalue weighted by Crippen LogP contribution is -2.39. The van der Waals surface area contributed by atoms with Crippen LogP contribution in [0.2, 0.25) is 0 Å². The average Bonchev–Trinajstić information content (AvgIpc) is 2.84. The summed E-state index contributed by atoms with van der Waals surface area (Å²) in [4.78, 5) is 28.8. The summed E-state index contributed by atoms with van der Waals surface area (Å²) in [6.45, 7) is 16.4. The van der Waals surface area contributed by atoms with Gasteiger partial charge >= 0.3 is 0 Å². The molecule has 3 aromatic rings. The first-order chi connectivity index (χ1) is 18.1. The van der Waals surface area contributed by atoms with Crippen molar-refractivity contribution in [3.63, 3.8) is 0 Å². The number of nitrogens with one attached hydrogen (secondary N) is 1. The topological polar surface area (TPSA) is 69.6 Å². The quantitative estimate of drug-likeness (QED) is 0.336. The molecule has 0 bridgehead atoms. The first-order valence-corrected chi connectivity index (χ1v) is 13.7. The average molecular weight is 529 g/mol. The number of nitrogens with zero attached hydrogens (tertiary/aromatic N) is 1. The molecule has 0 aliphatic rings. The predicted molar refractivity (Wildman–Crippen MR) is 160 cm³/mol. The summed E-state index contributed by atoms with van der Waals surface area (Å²) in [7, 11) is 1.70. The summed E-state index contributed by atoms with van der Waals surface area (Å²) in [6, 6.07) is 18.6. The molecule has 3 rings (SSSR count). The van der Waals surface area contributed by atoms with Crippen molar-refractivity contribution in [3.8, 4) is 5.75 Å². The maximum Gasteiger partial charge on any atom is 0.251 e. The zero-order valence-electron chi connectivity index (χ0n) is 25.0. The Hall–Kier alpha value is -3.60. The Morgan fingerprint density at radius 2 is 1.36 bits per heavy atom. The fourth-order valence-electron chi connectivity index (χ4n) is 4.94. The van der Waals surface area contributed by atoms with Crippen LogP contribution in [0.1, 0.15) is 87.4 Å². The number of hydrogen-bond acceptors (Lipinski definition) is 3. The fourth-order valence-corrected chi connectivity index (χ4v) is 4.94. The molecular formula is C34H44N2O3. The van der Waals surface area contributed by atoms with Gasteiger partial charge in [0.15, 0.2) is 0 Å². The number of rotatable bonds is 7. The Morgan fingerprint density at radius 1 is 0.846 bits per heavy atom. The predicted octanol–water partition coefficient (Wildman–Crippen LogP) is 7.38. The molecule has 39 heavy (non-hydrogen) atoms. The van der Waals surface area contributed by atoms with E-state index in [0.717, 1.165) is 39.1 Å². The van der Waals surface area contributed by atoms with Crippen LogP contribution in [0.5, 0.6) is 5.75 Å². The van der Waals surface area contributed by atoms with Gasteiger partial charge in [-0.1, -0.05) is 102 Å². The van der Waals surface area contributed by atoms with Crippen LogP contribution in [-0.4, -0.2) is 28.9 Å². The molecule has 5 heteroatoms. The molecule has 0 aromatic heterocycles. The van der Waals surface area contributed by atoms with Crippen molar-refractivity contribution in [3.05, 3.63) is 94.0 Å². The first kappa shape index (κ1) is 29.9. The largest absolute Gasteiger partial charge is 0.507 e. The molecule has 0 aliphatic heterocycles. The number of benzene rings is 3. The Bertz CT molecular complexity index is 1280. The molecule has 208 valence electrons. The smallest absolute Gasteiger partial charge is 0.251 e. The normalized spacial score (nSPS) is 12.6. The van der Waals surface area contributed by atoms with Crippen LogP contribution in [0, 0.1) is 13.8 Å². The molecule has 1 unspecified atom stereocenters. The Balaban J connectivity index is 1.89. The Morgan fingerprint density at radius 3 is 1.85 bits per heavy atom. The fraction of sp³-hybridized carbons (Fsp3) is 0.412. The minimum Gasteiger partial charge on any atom is -0.507 e. The zero-order valence-corrected chi connectivity index (χ0v) is 25.0. The van der Waals surface area contributed by atoms with Gasteiger partial charge in [0.25, 0.3) is 5.91 Å². The number of carbonyl (C=O) groups excluding carboxylic acids is 2.